The summed E-state index contributed by atoms with van der Waals surface area (Å²) in [5.74, 6) is -3.70. The maximum atomic E-state index is 14.4. The number of hydrogen-bond donors (Lipinski definition) is 3. The van der Waals surface area contributed by atoms with Gasteiger partial charge in [0.2, 0.25) is 24.0 Å². The first-order valence-corrected chi connectivity index (χ1v) is 16.1. The Morgan fingerprint density at radius 3 is 2.39 bits per heavy atom. The van der Waals surface area contributed by atoms with Crippen molar-refractivity contribution in [1.82, 2.24) is 25.8 Å². The zero-order chi connectivity index (χ0) is 33.8. The normalized spacial score (nSPS) is 21.4. The van der Waals surface area contributed by atoms with Crippen molar-refractivity contribution in [3.05, 3.63) is 42.1 Å². The number of nitrogens with zero attached hydrogens (tertiary/aromatic N) is 2. The molecule has 10 nitrogen and oxygen atoms in total. The van der Waals surface area contributed by atoms with Crippen LogP contribution < -0.4 is 16.0 Å². The van der Waals surface area contributed by atoms with E-state index in [4.69, 9.17) is 0 Å². The number of ketones is 1. The molecule has 1 aliphatic heterocycles. The van der Waals surface area contributed by atoms with E-state index in [-0.39, 0.29) is 24.4 Å². The summed E-state index contributed by atoms with van der Waals surface area (Å²) >= 11 is 0. The van der Waals surface area contributed by atoms with Crippen molar-refractivity contribution in [2.75, 3.05) is 6.54 Å². The third kappa shape index (κ3) is 7.87. The summed E-state index contributed by atoms with van der Waals surface area (Å²) in [6, 6.07) is 4.99. The van der Waals surface area contributed by atoms with Gasteiger partial charge in [0.15, 0.2) is 0 Å². The van der Waals surface area contributed by atoms with Crippen LogP contribution in [0.1, 0.15) is 83.5 Å². The molecule has 1 saturated heterocycles. The van der Waals surface area contributed by atoms with Gasteiger partial charge in [-0.15, -0.1) is 0 Å². The van der Waals surface area contributed by atoms with Gasteiger partial charge >= 0.3 is 0 Å². The third-order valence-electron chi connectivity index (χ3n) is 9.24. The highest BCUT2D eigenvalue weighted by Gasteiger charge is 2.52. The number of Topliss-reactive ketones (excluding diaryl/α,β-unsaturated/α-hetero) is 1. The first-order chi connectivity index (χ1) is 21.7. The number of benzene rings is 1. The van der Waals surface area contributed by atoms with E-state index in [0.29, 0.717) is 29.3 Å². The molecule has 2 aromatic rings. The molecule has 4 rings (SSSR count). The molecule has 0 bridgehead atoms. The minimum atomic E-state index is -2.73. The SMILES string of the molecule is CC[C@H](C)NC(=O)C(=O)C(CCC(F)F)NC(=O)[C@@H]1[C@H]2CCC[C@H]2CN1C(=O)[C@@H](NC(=O)c1ccnc2ccccc12)C(C)(C)C. The second-order valence-corrected chi connectivity index (χ2v) is 13.6. The fourth-order valence-electron chi connectivity index (χ4n) is 6.56. The highest BCUT2D eigenvalue weighted by molar-refractivity contribution is 6.38. The lowest BCUT2D eigenvalue weighted by Gasteiger charge is -2.36. The average Bonchev–Trinajstić information content (AvgIpc) is 3.61. The number of alkyl halides is 2. The number of pyridine rings is 1. The van der Waals surface area contributed by atoms with Crippen LogP contribution in [0.5, 0.6) is 0 Å². The lowest BCUT2D eigenvalue weighted by atomic mass is 9.85. The number of nitrogens with one attached hydrogen (secondary N) is 3. The average molecular weight is 642 g/mol. The van der Waals surface area contributed by atoms with Crippen LogP contribution in [0.25, 0.3) is 10.9 Å². The minimum absolute atomic E-state index is 0.0316. The lowest BCUT2D eigenvalue weighted by Crippen LogP contribution is -2.60. The molecule has 46 heavy (non-hydrogen) atoms. The van der Waals surface area contributed by atoms with Crippen molar-refractivity contribution in [2.24, 2.45) is 17.3 Å². The van der Waals surface area contributed by atoms with Crippen molar-refractivity contribution in [3.8, 4) is 0 Å². The zero-order valence-corrected chi connectivity index (χ0v) is 27.1. The van der Waals surface area contributed by atoms with Gasteiger partial charge in [0, 0.05) is 30.6 Å². The van der Waals surface area contributed by atoms with Crippen LogP contribution in [0.3, 0.4) is 0 Å². The van der Waals surface area contributed by atoms with Crippen LogP contribution in [0.15, 0.2) is 36.5 Å². The number of carbonyl (C=O) groups excluding carboxylic acids is 5. The van der Waals surface area contributed by atoms with Crippen LogP contribution in [0, 0.1) is 17.3 Å². The standard InChI is InChI=1S/C34H45F2N5O5/c1-6-19(2)38-32(45)28(42)25(14-15-26(35)36)39-31(44)27-21-12-9-10-20(21)18-41(27)33(46)29(34(3,4)5)40-30(43)23-16-17-37-24-13-8-7-11-22(23)24/h7-8,11,13,16-17,19-21,25-27,29H,6,9-10,12,14-15,18H2,1-5H3,(H,38,45)(H,39,44)(H,40,43)/t19-,20-,21-,25?,27-,29+/m0/s1. The van der Waals surface area contributed by atoms with E-state index < -0.39 is 72.2 Å². The Hall–Kier alpha value is -3.96. The lowest BCUT2D eigenvalue weighted by molar-refractivity contribution is -0.144. The Kier molecular flexibility index (Phi) is 11.1. The molecular weight excluding hydrogens is 596 g/mol. The second kappa shape index (κ2) is 14.6. The van der Waals surface area contributed by atoms with Gasteiger partial charge in [-0.1, -0.05) is 52.3 Å². The van der Waals surface area contributed by atoms with Crippen molar-refractivity contribution in [3.63, 3.8) is 0 Å². The van der Waals surface area contributed by atoms with Gasteiger partial charge in [-0.25, -0.2) is 8.78 Å². The second-order valence-electron chi connectivity index (χ2n) is 13.6. The number of amides is 4. The van der Waals surface area contributed by atoms with Gasteiger partial charge in [0.05, 0.1) is 17.1 Å². The molecule has 1 aromatic carbocycles. The van der Waals surface area contributed by atoms with Crippen LogP contribution in [0.4, 0.5) is 8.78 Å². The van der Waals surface area contributed by atoms with Crippen LogP contribution in [-0.4, -0.2) is 76.4 Å². The van der Waals surface area contributed by atoms with E-state index >= 15 is 0 Å². The molecule has 1 aliphatic carbocycles. The molecule has 2 fully saturated rings. The zero-order valence-electron chi connectivity index (χ0n) is 27.1. The maximum absolute atomic E-state index is 14.4. The summed E-state index contributed by atoms with van der Waals surface area (Å²) in [6.07, 6.45) is 0.578. The first kappa shape index (κ1) is 34.9. The molecule has 0 radical (unpaired) electrons. The topological polar surface area (TPSA) is 138 Å². The summed E-state index contributed by atoms with van der Waals surface area (Å²) in [6.45, 7) is 9.28. The number of hydrogen-bond acceptors (Lipinski definition) is 6. The van der Waals surface area contributed by atoms with E-state index in [1.54, 1.807) is 31.2 Å². The Labute approximate surface area is 268 Å². The summed E-state index contributed by atoms with van der Waals surface area (Å²) in [7, 11) is 0. The van der Waals surface area contributed by atoms with Crippen LogP contribution >= 0.6 is 0 Å². The van der Waals surface area contributed by atoms with Crippen molar-refractivity contribution < 1.29 is 32.8 Å². The molecular formula is C34H45F2N5O5. The van der Waals surface area contributed by atoms with E-state index in [0.717, 1.165) is 12.8 Å². The predicted molar refractivity (Wildman–Crippen MR) is 169 cm³/mol. The molecule has 6 atom stereocenters. The summed E-state index contributed by atoms with van der Waals surface area (Å²) in [5.41, 5.74) is 0.237. The van der Waals surface area contributed by atoms with Crippen molar-refractivity contribution in [2.45, 2.75) is 104 Å². The molecule has 2 heterocycles. The van der Waals surface area contributed by atoms with Gasteiger partial charge in [0.25, 0.3) is 11.8 Å². The van der Waals surface area contributed by atoms with E-state index in [2.05, 4.69) is 20.9 Å². The Morgan fingerprint density at radius 2 is 1.72 bits per heavy atom. The summed E-state index contributed by atoms with van der Waals surface area (Å²) in [4.78, 5) is 73.5. The predicted octanol–water partition coefficient (Wildman–Crippen LogP) is 4.02. The van der Waals surface area contributed by atoms with Gasteiger partial charge < -0.3 is 20.9 Å². The number of carbonyl (C=O) groups is 5. The first-order valence-electron chi connectivity index (χ1n) is 16.1. The molecule has 4 amide bonds. The Balaban J connectivity index is 1.60. The summed E-state index contributed by atoms with van der Waals surface area (Å²) < 4.78 is 26.4. The van der Waals surface area contributed by atoms with Gasteiger partial charge in [-0.2, -0.15) is 0 Å². The highest BCUT2D eigenvalue weighted by atomic mass is 19.3. The van der Waals surface area contributed by atoms with Crippen molar-refractivity contribution in [1.29, 1.82) is 0 Å². The number of para-hydroxylation sites is 1. The van der Waals surface area contributed by atoms with Gasteiger partial charge in [0.1, 0.15) is 12.1 Å². The highest BCUT2D eigenvalue weighted by Crippen LogP contribution is 2.43. The van der Waals surface area contributed by atoms with Crippen LogP contribution in [0.2, 0.25) is 0 Å². The fourth-order valence-corrected chi connectivity index (χ4v) is 6.56. The Bertz CT molecular complexity index is 1460. The number of aromatic nitrogens is 1. The van der Waals surface area contributed by atoms with E-state index in [9.17, 15) is 32.8 Å². The molecule has 1 saturated carbocycles. The minimum Gasteiger partial charge on any atom is -0.347 e. The molecule has 250 valence electrons. The van der Waals surface area contributed by atoms with E-state index in [1.165, 1.54) is 11.1 Å². The molecule has 3 N–H and O–H groups in total. The van der Waals surface area contributed by atoms with Crippen molar-refractivity contribution >= 4 is 40.3 Å². The molecule has 0 spiro atoms. The molecule has 2 aliphatic rings. The number of likely N-dealkylation sites (tertiary alicyclic amines) is 1. The smallest absolute Gasteiger partial charge is 0.289 e. The van der Waals surface area contributed by atoms with Gasteiger partial charge in [-0.05, 0) is 62.0 Å². The molecule has 1 unspecified atom stereocenters. The number of rotatable bonds is 12. The molecule has 1 aromatic heterocycles. The maximum Gasteiger partial charge on any atom is 0.289 e. The Morgan fingerprint density at radius 1 is 1.00 bits per heavy atom. The summed E-state index contributed by atoms with van der Waals surface area (Å²) in [5, 5.41) is 8.67. The largest absolute Gasteiger partial charge is 0.347 e. The number of halogens is 2. The fraction of sp³-hybridized carbons (Fsp3) is 0.588. The quantitative estimate of drug-likeness (QED) is 0.300. The van der Waals surface area contributed by atoms with Crippen LogP contribution in [-0.2, 0) is 19.2 Å². The van der Waals surface area contributed by atoms with Gasteiger partial charge in [-0.3, -0.25) is 29.0 Å². The third-order valence-corrected chi connectivity index (χ3v) is 9.24. The van der Waals surface area contributed by atoms with E-state index in [1.807, 2.05) is 33.8 Å². The number of fused-ring (bicyclic) bond motifs is 2. The molecule has 12 heteroatoms. The monoisotopic (exact) mass is 641 g/mol.